The molecule has 0 spiro atoms. The summed E-state index contributed by atoms with van der Waals surface area (Å²) in [5.74, 6) is 0.434. The molecule has 0 unspecified atom stereocenters. The molecule has 3 rings (SSSR count). The van der Waals surface area contributed by atoms with Gasteiger partial charge in [0, 0.05) is 11.3 Å². The number of H-pyrrole nitrogens is 1. The average molecular weight is 311 g/mol. The largest absolute Gasteiger partial charge is 0.346 e. The maximum atomic E-state index is 12.5. The number of nitrogens with one attached hydrogen (secondary N) is 2. The molecule has 1 aromatic carbocycles. The molecule has 1 fully saturated rings. The molecule has 1 aliphatic rings. The van der Waals surface area contributed by atoms with Crippen LogP contribution in [0.5, 0.6) is 0 Å². The molecule has 1 amide bonds. The van der Waals surface area contributed by atoms with Gasteiger partial charge in [-0.05, 0) is 38.7 Å². The van der Waals surface area contributed by atoms with Crippen molar-refractivity contribution in [3.8, 4) is 0 Å². The van der Waals surface area contributed by atoms with E-state index in [1.165, 1.54) is 0 Å². The highest BCUT2D eigenvalue weighted by Crippen LogP contribution is 2.41. The number of nitrogens with zero attached hydrogens (tertiary/aromatic N) is 1. The summed E-state index contributed by atoms with van der Waals surface area (Å²) in [7, 11) is 0. The van der Waals surface area contributed by atoms with Gasteiger partial charge in [-0.3, -0.25) is 9.59 Å². The summed E-state index contributed by atoms with van der Waals surface area (Å²) in [6.07, 6.45) is 3.03. The second-order valence-electron chi connectivity index (χ2n) is 6.24. The highest BCUT2D eigenvalue weighted by molar-refractivity contribution is 5.79. The predicted octanol–water partition coefficient (Wildman–Crippen LogP) is 2.12. The Morgan fingerprint density at radius 3 is 2.52 bits per heavy atom. The van der Waals surface area contributed by atoms with Crippen LogP contribution in [0.3, 0.4) is 0 Å². The van der Waals surface area contributed by atoms with Crippen LogP contribution >= 0.6 is 0 Å². The number of benzene rings is 1. The lowest BCUT2D eigenvalue weighted by atomic mass is 9.71. The first-order valence-corrected chi connectivity index (χ1v) is 7.93. The summed E-state index contributed by atoms with van der Waals surface area (Å²) in [4.78, 5) is 31.4. The smallest absolute Gasteiger partial charge is 0.254 e. The van der Waals surface area contributed by atoms with Gasteiger partial charge in [-0.15, -0.1) is 0 Å². The number of hydrogen-bond donors (Lipinski definition) is 2. The number of aromatic amines is 1. The topological polar surface area (TPSA) is 74.8 Å². The Bertz CT molecular complexity index is 777. The van der Waals surface area contributed by atoms with Crippen molar-refractivity contribution >= 4 is 5.91 Å². The van der Waals surface area contributed by atoms with E-state index in [0.29, 0.717) is 17.1 Å². The van der Waals surface area contributed by atoms with E-state index in [2.05, 4.69) is 15.3 Å². The van der Waals surface area contributed by atoms with E-state index < -0.39 is 0 Å². The van der Waals surface area contributed by atoms with Gasteiger partial charge in [0.15, 0.2) is 0 Å². The van der Waals surface area contributed by atoms with Gasteiger partial charge in [0.1, 0.15) is 5.82 Å². The standard InChI is InChI=1S/C18H21N3O2/c1-12-15(17(23)20-13(2)19-12)11-16(22)21-18(9-6-10-18)14-7-4-3-5-8-14/h3-5,7-8H,6,9-11H2,1-2H3,(H,21,22)(H,19,20,23). The number of amides is 1. The van der Waals surface area contributed by atoms with Gasteiger partial charge >= 0.3 is 0 Å². The van der Waals surface area contributed by atoms with E-state index in [4.69, 9.17) is 0 Å². The fraction of sp³-hybridized carbons (Fsp3) is 0.389. The maximum absolute atomic E-state index is 12.5. The summed E-state index contributed by atoms with van der Waals surface area (Å²) in [5, 5.41) is 3.14. The fourth-order valence-electron chi connectivity index (χ4n) is 3.20. The van der Waals surface area contributed by atoms with Crippen molar-refractivity contribution in [3.63, 3.8) is 0 Å². The number of carbonyl (C=O) groups excluding carboxylic acids is 1. The van der Waals surface area contributed by atoms with E-state index in [9.17, 15) is 9.59 Å². The van der Waals surface area contributed by atoms with Gasteiger partial charge in [-0.25, -0.2) is 4.98 Å². The van der Waals surface area contributed by atoms with Gasteiger partial charge in [-0.2, -0.15) is 0 Å². The van der Waals surface area contributed by atoms with Crippen molar-refractivity contribution in [1.29, 1.82) is 0 Å². The average Bonchev–Trinajstić information content (AvgIpc) is 2.47. The van der Waals surface area contributed by atoms with Crippen molar-refractivity contribution in [2.75, 3.05) is 0 Å². The molecule has 5 heteroatoms. The number of aryl methyl sites for hydroxylation is 2. The minimum atomic E-state index is -0.281. The molecule has 1 aromatic heterocycles. The summed E-state index contributed by atoms with van der Waals surface area (Å²) in [6.45, 7) is 3.50. The van der Waals surface area contributed by atoms with E-state index in [-0.39, 0.29) is 23.4 Å². The molecule has 0 atom stereocenters. The van der Waals surface area contributed by atoms with Gasteiger partial charge < -0.3 is 10.3 Å². The first-order chi connectivity index (χ1) is 11.0. The Balaban J connectivity index is 1.79. The molecule has 0 radical (unpaired) electrons. The molecule has 0 aliphatic heterocycles. The summed E-state index contributed by atoms with van der Waals surface area (Å²) < 4.78 is 0. The second-order valence-corrected chi connectivity index (χ2v) is 6.24. The van der Waals surface area contributed by atoms with Crippen molar-refractivity contribution < 1.29 is 4.79 Å². The Morgan fingerprint density at radius 2 is 1.96 bits per heavy atom. The van der Waals surface area contributed by atoms with E-state index in [1.54, 1.807) is 13.8 Å². The first kappa shape index (κ1) is 15.5. The van der Waals surface area contributed by atoms with Gasteiger partial charge in [0.05, 0.1) is 12.0 Å². The summed E-state index contributed by atoms with van der Waals surface area (Å²) in [6, 6.07) is 10.0. The van der Waals surface area contributed by atoms with Crippen molar-refractivity contribution in [3.05, 3.63) is 63.3 Å². The normalized spacial score (nSPS) is 15.7. The molecular formula is C18H21N3O2. The molecule has 2 N–H and O–H groups in total. The van der Waals surface area contributed by atoms with Crippen LogP contribution in [0.1, 0.15) is 41.9 Å². The Labute approximate surface area is 135 Å². The predicted molar refractivity (Wildman–Crippen MR) is 88.1 cm³/mol. The van der Waals surface area contributed by atoms with Crippen molar-refractivity contribution in [2.45, 2.75) is 45.1 Å². The Kier molecular flexibility index (Phi) is 4.03. The lowest BCUT2D eigenvalue weighted by Crippen LogP contribution is -2.51. The van der Waals surface area contributed by atoms with E-state index in [1.807, 2.05) is 30.3 Å². The monoisotopic (exact) mass is 311 g/mol. The molecule has 1 heterocycles. The van der Waals surface area contributed by atoms with Crippen LogP contribution in [0.25, 0.3) is 0 Å². The first-order valence-electron chi connectivity index (χ1n) is 7.93. The molecular weight excluding hydrogens is 290 g/mol. The lowest BCUT2D eigenvalue weighted by molar-refractivity contribution is -0.123. The number of rotatable bonds is 4. The highest BCUT2D eigenvalue weighted by Gasteiger charge is 2.39. The SMILES string of the molecule is Cc1nc(C)c(CC(=O)NC2(c3ccccc3)CCC2)c(=O)[nH]1. The molecule has 5 nitrogen and oxygen atoms in total. The molecule has 2 aromatic rings. The van der Waals surface area contributed by atoms with Crippen LogP contribution in [0, 0.1) is 13.8 Å². The zero-order valence-corrected chi connectivity index (χ0v) is 13.5. The highest BCUT2D eigenvalue weighted by atomic mass is 16.2. The van der Waals surface area contributed by atoms with E-state index in [0.717, 1.165) is 24.8 Å². The number of aromatic nitrogens is 2. The number of carbonyl (C=O) groups is 1. The Hall–Kier alpha value is -2.43. The van der Waals surface area contributed by atoms with Crippen molar-refractivity contribution in [2.24, 2.45) is 0 Å². The van der Waals surface area contributed by atoms with Crippen LogP contribution < -0.4 is 10.9 Å². The van der Waals surface area contributed by atoms with E-state index >= 15 is 0 Å². The van der Waals surface area contributed by atoms with Crippen LogP contribution in [0.2, 0.25) is 0 Å². The molecule has 23 heavy (non-hydrogen) atoms. The lowest BCUT2D eigenvalue weighted by Gasteiger charge is -2.43. The zero-order valence-electron chi connectivity index (χ0n) is 13.5. The summed E-state index contributed by atoms with van der Waals surface area (Å²) >= 11 is 0. The summed E-state index contributed by atoms with van der Waals surface area (Å²) in [5.41, 5.74) is 1.68. The molecule has 0 bridgehead atoms. The van der Waals surface area contributed by atoms with Gasteiger partial charge in [-0.1, -0.05) is 30.3 Å². The number of hydrogen-bond acceptors (Lipinski definition) is 3. The van der Waals surface area contributed by atoms with Crippen LogP contribution in [-0.2, 0) is 16.8 Å². The fourth-order valence-corrected chi connectivity index (χ4v) is 3.20. The van der Waals surface area contributed by atoms with Crippen LogP contribution in [0.15, 0.2) is 35.1 Å². The zero-order chi connectivity index (χ0) is 16.4. The van der Waals surface area contributed by atoms with Crippen molar-refractivity contribution in [1.82, 2.24) is 15.3 Å². The van der Waals surface area contributed by atoms with Gasteiger partial charge in [0.2, 0.25) is 5.91 Å². The second kappa shape index (κ2) is 5.99. The van der Waals surface area contributed by atoms with Crippen LogP contribution in [0.4, 0.5) is 0 Å². The minimum absolute atomic E-state index is 0.0586. The molecule has 1 saturated carbocycles. The molecule has 0 saturated heterocycles. The quantitative estimate of drug-likeness (QED) is 0.908. The third-order valence-corrected chi connectivity index (χ3v) is 4.59. The molecule has 1 aliphatic carbocycles. The third-order valence-electron chi connectivity index (χ3n) is 4.59. The van der Waals surface area contributed by atoms with Crippen LogP contribution in [-0.4, -0.2) is 15.9 Å². The maximum Gasteiger partial charge on any atom is 0.254 e. The van der Waals surface area contributed by atoms with Gasteiger partial charge in [0.25, 0.3) is 5.56 Å². The minimum Gasteiger partial charge on any atom is -0.346 e. The Morgan fingerprint density at radius 1 is 1.26 bits per heavy atom. The third kappa shape index (κ3) is 3.04. The molecule has 120 valence electrons.